The molecule has 0 aliphatic carbocycles. The first-order valence-corrected chi connectivity index (χ1v) is 7.98. The molecule has 0 bridgehead atoms. The third kappa shape index (κ3) is 5.06. The van der Waals surface area contributed by atoms with Crippen molar-refractivity contribution in [2.24, 2.45) is 11.8 Å². The molecule has 3 N–H and O–H groups in total. The van der Waals surface area contributed by atoms with Crippen LogP contribution in [0.15, 0.2) is 0 Å². The van der Waals surface area contributed by atoms with E-state index < -0.39 is 0 Å². The van der Waals surface area contributed by atoms with Crippen molar-refractivity contribution >= 4 is 11.6 Å². The number of nitrogen functional groups attached to an aromatic ring is 1. The molecule has 1 rings (SSSR count). The van der Waals surface area contributed by atoms with E-state index >= 15 is 0 Å². The first-order chi connectivity index (χ1) is 9.86. The molecule has 0 spiro atoms. The molecule has 0 aliphatic heterocycles. The normalized spacial score (nSPS) is 11.4. The molecule has 120 valence electrons. The van der Waals surface area contributed by atoms with Gasteiger partial charge in [0.05, 0.1) is 11.4 Å². The van der Waals surface area contributed by atoms with Crippen molar-refractivity contribution in [1.29, 1.82) is 0 Å². The van der Waals surface area contributed by atoms with Gasteiger partial charge in [-0.2, -0.15) is 5.10 Å². The molecule has 0 saturated carbocycles. The zero-order valence-corrected chi connectivity index (χ0v) is 14.1. The maximum atomic E-state index is 12.7. The fraction of sp³-hybridized carbons (Fsp3) is 0.750. The van der Waals surface area contributed by atoms with E-state index in [2.05, 4.69) is 37.9 Å². The van der Waals surface area contributed by atoms with Crippen LogP contribution in [0.5, 0.6) is 0 Å². The van der Waals surface area contributed by atoms with Gasteiger partial charge in [-0.3, -0.25) is 9.89 Å². The topological polar surface area (TPSA) is 75.0 Å². The van der Waals surface area contributed by atoms with Crippen LogP contribution < -0.4 is 5.73 Å². The Kier molecular flexibility index (Phi) is 6.72. The molecule has 0 aliphatic rings. The Morgan fingerprint density at radius 1 is 1.19 bits per heavy atom. The second-order valence-corrected chi connectivity index (χ2v) is 6.48. The predicted molar refractivity (Wildman–Crippen MR) is 87.2 cm³/mol. The highest BCUT2D eigenvalue weighted by molar-refractivity contribution is 5.97. The standard InChI is InChI=1S/C16H30N4O/c1-6-13-14(17)15(19-18-13)16(21)20(9-7-11(2)3)10-8-12(4)5/h11-12H,6-10,17H2,1-5H3,(H,18,19). The number of aromatic amines is 1. The summed E-state index contributed by atoms with van der Waals surface area (Å²) in [5, 5.41) is 6.99. The molecule has 0 aromatic carbocycles. The lowest BCUT2D eigenvalue weighted by Gasteiger charge is -2.24. The Labute approximate surface area is 128 Å². The minimum Gasteiger partial charge on any atom is -0.395 e. The fourth-order valence-corrected chi connectivity index (χ4v) is 2.11. The number of hydrogen-bond donors (Lipinski definition) is 2. The molecule has 0 saturated heterocycles. The molecule has 1 amide bonds. The Balaban J connectivity index is 2.84. The molecule has 1 heterocycles. The molecule has 5 nitrogen and oxygen atoms in total. The van der Waals surface area contributed by atoms with Crippen LogP contribution in [0, 0.1) is 11.8 Å². The smallest absolute Gasteiger partial charge is 0.276 e. The quantitative estimate of drug-likeness (QED) is 0.773. The highest BCUT2D eigenvalue weighted by Gasteiger charge is 2.22. The number of nitrogens with two attached hydrogens (primary N) is 1. The number of rotatable bonds is 8. The third-order valence-electron chi connectivity index (χ3n) is 3.68. The van der Waals surface area contributed by atoms with Crippen molar-refractivity contribution < 1.29 is 4.79 Å². The van der Waals surface area contributed by atoms with E-state index in [0.717, 1.165) is 38.0 Å². The van der Waals surface area contributed by atoms with Gasteiger partial charge in [-0.05, 0) is 31.1 Å². The number of aromatic nitrogens is 2. The molecule has 5 heteroatoms. The number of anilines is 1. The Bertz CT molecular complexity index is 439. The number of carbonyl (C=O) groups is 1. The van der Waals surface area contributed by atoms with Crippen LogP contribution in [0.4, 0.5) is 5.69 Å². The number of nitrogens with one attached hydrogen (secondary N) is 1. The van der Waals surface area contributed by atoms with Gasteiger partial charge < -0.3 is 10.6 Å². The first-order valence-electron chi connectivity index (χ1n) is 7.98. The summed E-state index contributed by atoms with van der Waals surface area (Å²) in [5.41, 5.74) is 7.74. The highest BCUT2D eigenvalue weighted by atomic mass is 16.2. The van der Waals surface area contributed by atoms with Crippen molar-refractivity contribution in [3.63, 3.8) is 0 Å². The lowest BCUT2D eigenvalue weighted by molar-refractivity contribution is 0.0736. The van der Waals surface area contributed by atoms with E-state index in [1.165, 1.54) is 0 Å². The average Bonchev–Trinajstić information content (AvgIpc) is 2.78. The number of hydrogen-bond acceptors (Lipinski definition) is 3. The van der Waals surface area contributed by atoms with Gasteiger partial charge in [-0.25, -0.2) is 0 Å². The number of carbonyl (C=O) groups excluding carboxylic acids is 1. The summed E-state index contributed by atoms with van der Waals surface area (Å²) < 4.78 is 0. The van der Waals surface area contributed by atoms with Crippen LogP contribution in [0.3, 0.4) is 0 Å². The maximum Gasteiger partial charge on any atom is 0.276 e. The van der Waals surface area contributed by atoms with E-state index in [-0.39, 0.29) is 5.91 Å². The summed E-state index contributed by atoms with van der Waals surface area (Å²) in [5.74, 6) is 1.09. The summed E-state index contributed by atoms with van der Waals surface area (Å²) >= 11 is 0. The van der Waals surface area contributed by atoms with Crippen molar-refractivity contribution in [2.45, 2.75) is 53.9 Å². The van der Waals surface area contributed by atoms with Crippen molar-refractivity contribution in [2.75, 3.05) is 18.8 Å². The van der Waals surface area contributed by atoms with Gasteiger partial charge in [-0.1, -0.05) is 34.6 Å². The molecule has 0 fully saturated rings. The Morgan fingerprint density at radius 2 is 1.71 bits per heavy atom. The van der Waals surface area contributed by atoms with Crippen molar-refractivity contribution in [3.8, 4) is 0 Å². The van der Waals surface area contributed by atoms with Crippen molar-refractivity contribution in [1.82, 2.24) is 15.1 Å². The largest absolute Gasteiger partial charge is 0.395 e. The van der Waals surface area contributed by atoms with Crippen LogP contribution in [0.2, 0.25) is 0 Å². The van der Waals surface area contributed by atoms with Crippen LogP contribution in [0.1, 0.15) is 63.6 Å². The van der Waals surface area contributed by atoms with Gasteiger partial charge in [-0.15, -0.1) is 0 Å². The van der Waals surface area contributed by atoms with Gasteiger partial charge in [0.25, 0.3) is 5.91 Å². The molecular weight excluding hydrogens is 264 g/mol. The number of nitrogens with zero attached hydrogens (tertiary/aromatic N) is 2. The molecule has 0 unspecified atom stereocenters. The summed E-state index contributed by atoms with van der Waals surface area (Å²) in [4.78, 5) is 14.6. The lowest BCUT2D eigenvalue weighted by Crippen LogP contribution is -2.34. The second kappa shape index (κ2) is 8.05. The molecule has 1 aromatic heterocycles. The van der Waals surface area contributed by atoms with Crippen LogP contribution in [-0.4, -0.2) is 34.1 Å². The number of H-pyrrole nitrogens is 1. The summed E-state index contributed by atoms with van der Waals surface area (Å²) in [7, 11) is 0. The summed E-state index contributed by atoms with van der Waals surface area (Å²) in [6, 6.07) is 0. The van der Waals surface area contributed by atoms with E-state index in [1.807, 2.05) is 11.8 Å². The van der Waals surface area contributed by atoms with Gasteiger partial charge in [0.2, 0.25) is 0 Å². The molecule has 21 heavy (non-hydrogen) atoms. The third-order valence-corrected chi connectivity index (χ3v) is 3.68. The van der Waals surface area contributed by atoms with Crippen LogP contribution in [0.25, 0.3) is 0 Å². The minimum absolute atomic E-state index is 0.0512. The first kappa shape index (κ1) is 17.5. The number of amides is 1. The van der Waals surface area contributed by atoms with Gasteiger partial charge in [0.15, 0.2) is 5.69 Å². The molecular formula is C16H30N4O. The highest BCUT2D eigenvalue weighted by Crippen LogP contribution is 2.18. The fourth-order valence-electron chi connectivity index (χ4n) is 2.11. The van der Waals surface area contributed by atoms with E-state index in [4.69, 9.17) is 5.73 Å². The Morgan fingerprint density at radius 3 is 2.10 bits per heavy atom. The van der Waals surface area contributed by atoms with E-state index in [9.17, 15) is 4.79 Å². The molecule has 0 radical (unpaired) electrons. The van der Waals surface area contributed by atoms with E-state index in [0.29, 0.717) is 23.2 Å². The zero-order chi connectivity index (χ0) is 16.0. The van der Waals surface area contributed by atoms with E-state index in [1.54, 1.807) is 0 Å². The summed E-state index contributed by atoms with van der Waals surface area (Å²) in [6.07, 6.45) is 2.74. The van der Waals surface area contributed by atoms with Gasteiger partial charge >= 0.3 is 0 Å². The number of aryl methyl sites for hydroxylation is 1. The SMILES string of the molecule is CCc1[nH]nc(C(=O)N(CCC(C)C)CCC(C)C)c1N. The Hall–Kier alpha value is -1.52. The van der Waals surface area contributed by atoms with Crippen molar-refractivity contribution in [3.05, 3.63) is 11.4 Å². The second-order valence-electron chi connectivity index (χ2n) is 6.48. The minimum atomic E-state index is -0.0512. The average molecular weight is 294 g/mol. The molecule has 1 aromatic rings. The zero-order valence-electron chi connectivity index (χ0n) is 14.1. The van der Waals surface area contributed by atoms with Gasteiger partial charge in [0.1, 0.15) is 0 Å². The predicted octanol–water partition coefficient (Wildman–Crippen LogP) is 3.09. The van der Waals surface area contributed by atoms with Gasteiger partial charge in [0, 0.05) is 13.1 Å². The lowest BCUT2D eigenvalue weighted by atomic mass is 10.1. The van der Waals surface area contributed by atoms with Crippen LogP contribution in [-0.2, 0) is 6.42 Å². The summed E-state index contributed by atoms with van der Waals surface area (Å²) in [6.45, 7) is 12.2. The monoisotopic (exact) mass is 294 g/mol. The molecule has 0 atom stereocenters. The maximum absolute atomic E-state index is 12.7. The van der Waals surface area contributed by atoms with Crippen LogP contribution >= 0.6 is 0 Å².